The van der Waals surface area contributed by atoms with E-state index in [2.05, 4.69) is 15.4 Å². The molecule has 11 heteroatoms. The second-order valence-electron chi connectivity index (χ2n) is 4.24. The Morgan fingerprint density at radius 3 is 2.24 bits per heavy atom. The molecule has 0 aliphatic carbocycles. The van der Waals surface area contributed by atoms with Crippen LogP contribution in [0.2, 0.25) is 0 Å². The molecular formula is C10H19N3O7S. The highest BCUT2D eigenvalue weighted by molar-refractivity contribution is 7.88. The van der Waals surface area contributed by atoms with Crippen LogP contribution in [0.15, 0.2) is 0 Å². The number of carbonyl (C=O) groups is 3. The van der Waals surface area contributed by atoms with Gasteiger partial charge in [0.25, 0.3) is 0 Å². The van der Waals surface area contributed by atoms with Crippen LogP contribution >= 0.6 is 0 Å². The zero-order chi connectivity index (χ0) is 16.5. The molecule has 0 heterocycles. The van der Waals surface area contributed by atoms with Crippen molar-refractivity contribution in [1.82, 2.24) is 15.4 Å². The van der Waals surface area contributed by atoms with Crippen molar-refractivity contribution in [2.45, 2.75) is 25.3 Å². The maximum absolute atomic E-state index is 11.4. The highest BCUT2D eigenvalue weighted by Gasteiger charge is 2.19. The monoisotopic (exact) mass is 325 g/mol. The quantitative estimate of drug-likeness (QED) is 0.307. The van der Waals surface area contributed by atoms with Crippen LogP contribution in [0.3, 0.4) is 0 Å². The number of hydrogen-bond donors (Lipinski definition) is 5. The van der Waals surface area contributed by atoms with Gasteiger partial charge in [0.15, 0.2) is 0 Å². The second kappa shape index (κ2) is 9.13. The van der Waals surface area contributed by atoms with Gasteiger partial charge >= 0.3 is 18.0 Å². The molecule has 0 bridgehead atoms. The summed E-state index contributed by atoms with van der Waals surface area (Å²) in [5.41, 5.74) is 0. The number of rotatable bonds is 10. The van der Waals surface area contributed by atoms with Gasteiger partial charge in [-0.25, -0.2) is 22.7 Å². The predicted molar refractivity (Wildman–Crippen MR) is 72.3 cm³/mol. The van der Waals surface area contributed by atoms with Crippen molar-refractivity contribution in [3.8, 4) is 0 Å². The Hall–Kier alpha value is -1.88. The van der Waals surface area contributed by atoms with Gasteiger partial charge in [-0.05, 0) is 12.8 Å². The summed E-state index contributed by atoms with van der Waals surface area (Å²) in [4.78, 5) is 32.6. The smallest absolute Gasteiger partial charge is 0.326 e. The summed E-state index contributed by atoms with van der Waals surface area (Å²) in [6.45, 7) is -0.0383. The first-order valence-corrected chi connectivity index (χ1v) is 7.94. The molecule has 0 aromatic carbocycles. The predicted octanol–water partition coefficient (Wildman–Crippen LogP) is -1.46. The molecule has 0 aromatic rings. The van der Waals surface area contributed by atoms with Gasteiger partial charge in [-0.2, -0.15) is 0 Å². The number of urea groups is 1. The van der Waals surface area contributed by atoms with E-state index >= 15 is 0 Å². The lowest BCUT2D eigenvalue weighted by molar-refractivity contribution is -0.140. The van der Waals surface area contributed by atoms with Crippen molar-refractivity contribution in [2.75, 3.05) is 19.3 Å². The normalized spacial score (nSPS) is 12.4. The van der Waals surface area contributed by atoms with E-state index < -0.39 is 34.0 Å². The SMILES string of the molecule is CS(=O)(=O)NCCNC(=O)N[C@H](CCCC(=O)O)C(=O)O. The molecule has 10 nitrogen and oxygen atoms in total. The highest BCUT2D eigenvalue weighted by atomic mass is 32.2. The van der Waals surface area contributed by atoms with E-state index in [0.717, 1.165) is 6.26 Å². The summed E-state index contributed by atoms with van der Waals surface area (Å²) in [6, 6.07) is -1.97. The van der Waals surface area contributed by atoms with Crippen LogP contribution < -0.4 is 15.4 Å². The van der Waals surface area contributed by atoms with Gasteiger partial charge in [-0.3, -0.25) is 4.79 Å². The van der Waals surface area contributed by atoms with Crippen LogP contribution in [-0.2, 0) is 19.6 Å². The van der Waals surface area contributed by atoms with Crippen molar-refractivity contribution >= 4 is 28.0 Å². The van der Waals surface area contributed by atoms with E-state index in [1.54, 1.807) is 0 Å². The van der Waals surface area contributed by atoms with E-state index in [1.807, 2.05) is 0 Å². The average Bonchev–Trinajstić information content (AvgIpc) is 2.31. The molecule has 21 heavy (non-hydrogen) atoms. The first-order chi connectivity index (χ1) is 9.61. The molecule has 0 fully saturated rings. The van der Waals surface area contributed by atoms with Crippen molar-refractivity contribution in [3.63, 3.8) is 0 Å². The van der Waals surface area contributed by atoms with Crippen LogP contribution in [0.4, 0.5) is 4.79 Å². The molecule has 0 rings (SSSR count). The number of carbonyl (C=O) groups excluding carboxylic acids is 1. The minimum atomic E-state index is -3.35. The molecule has 0 aliphatic heterocycles. The Labute approximate surface area is 122 Å². The number of nitrogens with one attached hydrogen (secondary N) is 3. The molecule has 122 valence electrons. The van der Waals surface area contributed by atoms with Crippen molar-refractivity contribution in [3.05, 3.63) is 0 Å². The van der Waals surface area contributed by atoms with Gasteiger partial charge in [0.2, 0.25) is 10.0 Å². The lowest BCUT2D eigenvalue weighted by atomic mass is 10.1. The molecule has 1 atom stereocenters. The number of amides is 2. The summed E-state index contributed by atoms with van der Waals surface area (Å²) in [5, 5.41) is 21.8. The summed E-state index contributed by atoms with van der Waals surface area (Å²) >= 11 is 0. The van der Waals surface area contributed by atoms with Gasteiger partial charge in [0.05, 0.1) is 6.26 Å². The maximum Gasteiger partial charge on any atom is 0.326 e. The van der Waals surface area contributed by atoms with Gasteiger partial charge < -0.3 is 20.8 Å². The van der Waals surface area contributed by atoms with E-state index in [9.17, 15) is 22.8 Å². The summed E-state index contributed by atoms with van der Waals surface area (Å²) < 4.78 is 23.7. The van der Waals surface area contributed by atoms with E-state index in [0.29, 0.717) is 0 Å². The Morgan fingerprint density at radius 1 is 1.14 bits per heavy atom. The molecule has 0 saturated carbocycles. The molecule has 0 saturated heterocycles. The standard InChI is InChI=1S/C10H19N3O7S/c1-21(19,20)12-6-5-11-10(18)13-7(9(16)17)3-2-4-8(14)15/h7,12H,2-6H2,1H3,(H,14,15)(H,16,17)(H2,11,13,18)/t7-/m1/s1. The van der Waals surface area contributed by atoms with Crippen molar-refractivity contribution in [2.24, 2.45) is 0 Å². The zero-order valence-corrected chi connectivity index (χ0v) is 12.3. The molecule has 0 radical (unpaired) electrons. The molecule has 0 spiro atoms. The fourth-order valence-corrected chi connectivity index (χ4v) is 1.81. The largest absolute Gasteiger partial charge is 0.481 e. The Bertz CT molecular complexity index is 477. The highest BCUT2D eigenvalue weighted by Crippen LogP contribution is 2.01. The lowest BCUT2D eigenvalue weighted by Crippen LogP contribution is -2.47. The molecular weight excluding hydrogens is 306 g/mol. The average molecular weight is 325 g/mol. The van der Waals surface area contributed by atoms with Crippen molar-refractivity contribution in [1.29, 1.82) is 0 Å². The zero-order valence-electron chi connectivity index (χ0n) is 11.5. The maximum atomic E-state index is 11.4. The fraction of sp³-hybridized carbons (Fsp3) is 0.700. The third kappa shape index (κ3) is 11.6. The molecule has 0 aliphatic rings. The Morgan fingerprint density at radius 2 is 1.76 bits per heavy atom. The number of hydrogen-bond acceptors (Lipinski definition) is 5. The number of sulfonamides is 1. The van der Waals surface area contributed by atoms with Crippen LogP contribution in [0, 0.1) is 0 Å². The molecule has 0 unspecified atom stereocenters. The van der Waals surface area contributed by atoms with Crippen LogP contribution in [-0.4, -0.2) is 62.0 Å². The minimum Gasteiger partial charge on any atom is -0.481 e. The number of carboxylic acids is 2. The minimum absolute atomic E-state index is 0.0135. The number of carboxylic acid groups (broad SMARTS) is 2. The summed E-state index contributed by atoms with van der Waals surface area (Å²) in [7, 11) is -3.35. The van der Waals surface area contributed by atoms with Gasteiger partial charge in [0.1, 0.15) is 6.04 Å². The Balaban J connectivity index is 4.06. The third-order valence-corrected chi connectivity index (χ3v) is 2.99. The van der Waals surface area contributed by atoms with Gasteiger partial charge in [0, 0.05) is 19.5 Å². The summed E-state index contributed by atoms with van der Waals surface area (Å²) in [6.07, 6.45) is 0.875. The van der Waals surface area contributed by atoms with E-state index in [4.69, 9.17) is 10.2 Å². The molecule has 0 aromatic heterocycles. The van der Waals surface area contributed by atoms with Crippen LogP contribution in [0.25, 0.3) is 0 Å². The lowest BCUT2D eigenvalue weighted by Gasteiger charge is -2.14. The van der Waals surface area contributed by atoms with Gasteiger partial charge in [-0.1, -0.05) is 0 Å². The first kappa shape index (κ1) is 19.1. The van der Waals surface area contributed by atoms with Crippen LogP contribution in [0.1, 0.15) is 19.3 Å². The fourth-order valence-electron chi connectivity index (χ4n) is 1.34. The number of aliphatic carboxylic acids is 2. The Kier molecular flexibility index (Phi) is 8.31. The van der Waals surface area contributed by atoms with Crippen molar-refractivity contribution < 1.29 is 33.0 Å². The van der Waals surface area contributed by atoms with Crippen LogP contribution in [0.5, 0.6) is 0 Å². The molecule has 5 N–H and O–H groups in total. The van der Waals surface area contributed by atoms with E-state index in [-0.39, 0.29) is 32.4 Å². The topological polar surface area (TPSA) is 162 Å². The van der Waals surface area contributed by atoms with E-state index in [1.165, 1.54) is 0 Å². The molecule has 2 amide bonds. The summed E-state index contributed by atoms with van der Waals surface area (Å²) in [5.74, 6) is -2.32. The second-order valence-corrected chi connectivity index (χ2v) is 6.08. The third-order valence-electron chi connectivity index (χ3n) is 2.26. The van der Waals surface area contributed by atoms with Gasteiger partial charge in [-0.15, -0.1) is 0 Å². The first-order valence-electron chi connectivity index (χ1n) is 6.05.